The van der Waals surface area contributed by atoms with E-state index in [0.717, 1.165) is 30.4 Å². The predicted octanol–water partition coefficient (Wildman–Crippen LogP) is 3.34. The zero-order chi connectivity index (χ0) is 13.1. The van der Waals surface area contributed by atoms with Crippen LogP contribution >= 0.6 is 11.6 Å². The number of carbonyl (C=O) groups excluding carboxylic acids is 1. The minimum absolute atomic E-state index is 0.00672. The van der Waals surface area contributed by atoms with E-state index in [1.807, 2.05) is 6.07 Å². The first-order chi connectivity index (χ1) is 8.58. The van der Waals surface area contributed by atoms with E-state index >= 15 is 0 Å². The molecule has 0 bridgehead atoms. The molecule has 1 N–H and O–H groups in total. The number of hydrogen-bond acceptors (Lipinski definition) is 2. The van der Waals surface area contributed by atoms with Gasteiger partial charge in [-0.1, -0.05) is 18.0 Å². The van der Waals surface area contributed by atoms with Gasteiger partial charge in [-0.2, -0.15) is 0 Å². The fourth-order valence-electron chi connectivity index (χ4n) is 2.45. The molecule has 0 spiro atoms. The molecule has 1 atom stereocenters. The van der Waals surface area contributed by atoms with Crippen LogP contribution in [0.3, 0.4) is 0 Å². The van der Waals surface area contributed by atoms with Crippen molar-refractivity contribution in [2.24, 2.45) is 5.92 Å². The van der Waals surface area contributed by atoms with Crippen LogP contribution in [0.4, 0.5) is 0 Å². The summed E-state index contributed by atoms with van der Waals surface area (Å²) in [5.41, 5.74) is 1.80. The minimum Gasteiger partial charge on any atom is -0.481 e. The third-order valence-corrected chi connectivity index (χ3v) is 3.60. The first-order valence-electron chi connectivity index (χ1n) is 6.12. The summed E-state index contributed by atoms with van der Waals surface area (Å²) in [4.78, 5) is 22.5. The molecule has 1 aromatic carbocycles. The Bertz CT molecular complexity index is 482. The van der Waals surface area contributed by atoms with E-state index in [9.17, 15) is 9.59 Å². The Labute approximate surface area is 111 Å². The monoisotopic (exact) mass is 266 g/mol. The number of carbonyl (C=O) groups is 2. The molecule has 0 fully saturated rings. The van der Waals surface area contributed by atoms with Crippen LogP contribution in [-0.4, -0.2) is 16.9 Å². The summed E-state index contributed by atoms with van der Waals surface area (Å²) in [5, 5.41) is 9.21. The lowest BCUT2D eigenvalue weighted by atomic mass is 9.97. The topological polar surface area (TPSA) is 54.4 Å². The third kappa shape index (κ3) is 2.91. The highest BCUT2D eigenvalue weighted by Crippen LogP contribution is 2.31. The molecule has 0 radical (unpaired) electrons. The molecule has 0 aliphatic heterocycles. The van der Waals surface area contributed by atoms with Gasteiger partial charge in [0, 0.05) is 22.9 Å². The number of benzene rings is 1. The van der Waals surface area contributed by atoms with Gasteiger partial charge in [0.05, 0.1) is 0 Å². The van der Waals surface area contributed by atoms with E-state index in [1.54, 1.807) is 12.1 Å². The number of halogens is 1. The van der Waals surface area contributed by atoms with E-state index in [-0.39, 0.29) is 18.1 Å². The molecule has 1 aliphatic rings. The van der Waals surface area contributed by atoms with Crippen molar-refractivity contribution in [3.8, 4) is 0 Å². The normalized spacial score (nSPS) is 17.8. The van der Waals surface area contributed by atoms with Gasteiger partial charge in [0.25, 0.3) is 0 Å². The van der Waals surface area contributed by atoms with Crippen molar-refractivity contribution < 1.29 is 14.7 Å². The Morgan fingerprint density at radius 1 is 1.39 bits per heavy atom. The van der Waals surface area contributed by atoms with Gasteiger partial charge in [-0.25, -0.2) is 0 Å². The van der Waals surface area contributed by atoms with Gasteiger partial charge in [0.15, 0.2) is 5.78 Å². The predicted molar refractivity (Wildman–Crippen MR) is 69.1 cm³/mol. The molecule has 0 aromatic heterocycles. The zero-order valence-electron chi connectivity index (χ0n) is 9.99. The highest BCUT2D eigenvalue weighted by atomic mass is 35.5. The second-order valence-corrected chi connectivity index (χ2v) is 5.14. The Morgan fingerprint density at radius 3 is 2.89 bits per heavy atom. The average molecular weight is 267 g/mol. The Kier molecular flexibility index (Phi) is 4.02. The van der Waals surface area contributed by atoms with Crippen LogP contribution in [0.15, 0.2) is 18.2 Å². The first kappa shape index (κ1) is 13.1. The van der Waals surface area contributed by atoms with Crippen LogP contribution in [0.1, 0.15) is 41.6 Å². The Hall–Kier alpha value is -1.35. The fraction of sp³-hybridized carbons (Fsp3) is 0.429. The highest BCUT2D eigenvalue weighted by molar-refractivity contribution is 6.30. The summed E-state index contributed by atoms with van der Waals surface area (Å²) in [6, 6.07) is 5.38. The van der Waals surface area contributed by atoms with Gasteiger partial charge in [-0.3, -0.25) is 9.59 Å². The molecule has 0 heterocycles. The van der Waals surface area contributed by atoms with Gasteiger partial charge in [0.1, 0.15) is 0 Å². The number of hydrogen-bond donors (Lipinski definition) is 1. The van der Waals surface area contributed by atoms with Crippen molar-refractivity contribution in [2.75, 3.05) is 0 Å². The molecule has 1 unspecified atom stereocenters. The van der Waals surface area contributed by atoms with E-state index in [2.05, 4.69) is 0 Å². The molecular formula is C14H15ClO3. The molecule has 1 aromatic rings. The standard InChI is InChI=1S/C14H15ClO3/c15-11-5-6-12-10(8-11)7-9(14(12)18)3-1-2-4-13(16)17/h5-6,8-9H,1-4,7H2,(H,16,17). The fourth-order valence-corrected chi connectivity index (χ4v) is 2.64. The van der Waals surface area contributed by atoms with Crippen molar-refractivity contribution in [2.45, 2.75) is 32.1 Å². The Balaban J connectivity index is 1.91. The number of Topliss-reactive ketones (excluding diaryl/α,β-unsaturated/α-hetero) is 1. The van der Waals surface area contributed by atoms with Crippen LogP contribution in [0.5, 0.6) is 0 Å². The van der Waals surface area contributed by atoms with Gasteiger partial charge in [-0.15, -0.1) is 0 Å². The van der Waals surface area contributed by atoms with E-state index in [4.69, 9.17) is 16.7 Å². The lowest BCUT2D eigenvalue weighted by Crippen LogP contribution is -2.09. The maximum atomic E-state index is 12.1. The summed E-state index contributed by atoms with van der Waals surface area (Å²) < 4.78 is 0. The number of rotatable bonds is 5. The molecule has 96 valence electrons. The molecule has 0 amide bonds. The van der Waals surface area contributed by atoms with Crippen LogP contribution in [0.2, 0.25) is 5.02 Å². The summed E-state index contributed by atoms with van der Waals surface area (Å²) in [6.45, 7) is 0. The summed E-state index contributed by atoms with van der Waals surface area (Å²) in [6.07, 6.45) is 3.10. The number of unbranched alkanes of at least 4 members (excludes halogenated alkanes) is 1. The van der Waals surface area contributed by atoms with Crippen LogP contribution < -0.4 is 0 Å². The van der Waals surface area contributed by atoms with Crippen LogP contribution in [-0.2, 0) is 11.2 Å². The van der Waals surface area contributed by atoms with Crippen molar-refractivity contribution in [1.82, 2.24) is 0 Å². The maximum Gasteiger partial charge on any atom is 0.303 e. The van der Waals surface area contributed by atoms with Crippen LogP contribution in [0, 0.1) is 5.92 Å². The van der Waals surface area contributed by atoms with Crippen molar-refractivity contribution in [1.29, 1.82) is 0 Å². The van der Waals surface area contributed by atoms with Gasteiger partial charge in [-0.05, 0) is 43.0 Å². The second kappa shape index (κ2) is 5.53. The van der Waals surface area contributed by atoms with Gasteiger partial charge >= 0.3 is 5.97 Å². The van der Waals surface area contributed by atoms with Crippen molar-refractivity contribution in [3.63, 3.8) is 0 Å². The summed E-state index contributed by atoms with van der Waals surface area (Å²) >= 11 is 5.90. The maximum absolute atomic E-state index is 12.1. The quantitative estimate of drug-likeness (QED) is 0.832. The van der Waals surface area contributed by atoms with Crippen molar-refractivity contribution >= 4 is 23.4 Å². The largest absolute Gasteiger partial charge is 0.481 e. The SMILES string of the molecule is O=C(O)CCCCC1Cc2cc(Cl)ccc2C1=O. The molecule has 0 saturated heterocycles. The minimum atomic E-state index is -0.775. The summed E-state index contributed by atoms with van der Waals surface area (Å²) in [7, 11) is 0. The molecular weight excluding hydrogens is 252 g/mol. The molecule has 18 heavy (non-hydrogen) atoms. The molecule has 0 saturated carbocycles. The van der Waals surface area contributed by atoms with E-state index in [0.29, 0.717) is 11.4 Å². The lowest BCUT2D eigenvalue weighted by Gasteiger charge is -2.06. The lowest BCUT2D eigenvalue weighted by molar-refractivity contribution is -0.137. The third-order valence-electron chi connectivity index (χ3n) is 3.36. The van der Waals surface area contributed by atoms with E-state index < -0.39 is 5.97 Å². The number of ketones is 1. The highest BCUT2D eigenvalue weighted by Gasteiger charge is 2.29. The molecule has 2 rings (SSSR count). The second-order valence-electron chi connectivity index (χ2n) is 4.71. The number of fused-ring (bicyclic) bond motifs is 1. The zero-order valence-corrected chi connectivity index (χ0v) is 10.7. The number of aliphatic carboxylic acids is 1. The van der Waals surface area contributed by atoms with Crippen LogP contribution in [0.25, 0.3) is 0 Å². The molecule has 4 heteroatoms. The molecule has 1 aliphatic carbocycles. The number of carboxylic acids is 1. The smallest absolute Gasteiger partial charge is 0.303 e. The Morgan fingerprint density at radius 2 is 2.17 bits per heavy atom. The first-order valence-corrected chi connectivity index (χ1v) is 6.50. The van der Waals surface area contributed by atoms with Gasteiger partial charge in [0.2, 0.25) is 0 Å². The number of carboxylic acid groups (broad SMARTS) is 1. The summed E-state index contributed by atoms with van der Waals surface area (Å²) in [5.74, 6) is -0.591. The average Bonchev–Trinajstić information content (AvgIpc) is 2.61. The molecule has 3 nitrogen and oxygen atoms in total. The van der Waals surface area contributed by atoms with Crippen molar-refractivity contribution in [3.05, 3.63) is 34.3 Å². The van der Waals surface area contributed by atoms with Gasteiger partial charge < -0.3 is 5.11 Å². The van der Waals surface area contributed by atoms with E-state index in [1.165, 1.54) is 0 Å².